The van der Waals surface area contributed by atoms with E-state index in [2.05, 4.69) is 30.1 Å². The number of hydrogen-bond acceptors (Lipinski definition) is 4. The van der Waals surface area contributed by atoms with Crippen LogP contribution in [-0.4, -0.2) is 21.8 Å². The molecule has 0 fully saturated rings. The van der Waals surface area contributed by atoms with Gasteiger partial charge in [0, 0.05) is 45.0 Å². The third-order valence-electron chi connectivity index (χ3n) is 6.44. The lowest BCUT2D eigenvalue weighted by atomic mass is 9.97. The summed E-state index contributed by atoms with van der Waals surface area (Å²) in [6.07, 6.45) is 2.32. The van der Waals surface area contributed by atoms with E-state index in [1.165, 1.54) is 0 Å². The first-order valence-corrected chi connectivity index (χ1v) is 12.5. The van der Waals surface area contributed by atoms with E-state index in [0.29, 0.717) is 34.6 Å². The Labute approximate surface area is 212 Å². The van der Waals surface area contributed by atoms with Crippen LogP contribution in [0.3, 0.4) is 0 Å². The third-order valence-corrected chi connectivity index (χ3v) is 6.44. The maximum atomic E-state index is 13.4. The van der Waals surface area contributed by atoms with E-state index in [4.69, 9.17) is 4.84 Å². The van der Waals surface area contributed by atoms with Crippen molar-refractivity contribution in [2.24, 2.45) is 5.16 Å². The van der Waals surface area contributed by atoms with Gasteiger partial charge < -0.3 is 9.40 Å². The first-order chi connectivity index (χ1) is 17.3. The summed E-state index contributed by atoms with van der Waals surface area (Å²) in [7, 11) is 0. The Hall–Kier alpha value is -3.99. The number of ketones is 2. The zero-order chi connectivity index (χ0) is 25.8. The molecule has 36 heavy (non-hydrogen) atoms. The second-order valence-electron chi connectivity index (χ2n) is 9.12. The van der Waals surface area contributed by atoms with Crippen LogP contribution in [0.2, 0.25) is 0 Å². The molecule has 1 heterocycles. The van der Waals surface area contributed by atoms with E-state index >= 15 is 0 Å². The number of carbonyl (C=O) groups excluding carboxylic acids is 2. The highest BCUT2D eigenvalue weighted by Crippen LogP contribution is 2.32. The van der Waals surface area contributed by atoms with Crippen LogP contribution in [0.4, 0.5) is 0 Å². The lowest BCUT2D eigenvalue weighted by Gasteiger charge is -2.07. The molecule has 0 spiro atoms. The minimum atomic E-state index is -0.156. The Kier molecular flexibility index (Phi) is 7.49. The summed E-state index contributed by atoms with van der Waals surface area (Å²) in [5, 5.41) is 5.99. The minimum absolute atomic E-state index is 0.00874. The van der Waals surface area contributed by atoms with Crippen molar-refractivity contribution >= 4 is 39.1 Å². The quantitative estimate of drug-likeness (QED) is 0.101. The summed E-state index contributed by atoms with van der Waals surface area (Å²) in [6.45, 7) is 12.3. The highest BCUT2D eigenvalue weighted by atomic mass is 16.6. The SMILES string of the molecule is C=C(C)O/N=C(\CCCC)C(=O)c1ccc2c(c1)c1cc(C(=O)c3ccccc3C)ccc1n2CC. The van der Waals surface area contributed by atoms with Crippen LogP contribution in [0.1, 0.15) is 71.9 Å². The van der Waals surface area contributed by atoms with Gasteiger partial charge in [0.2, 0.25) is 5.78 Å². The number of nitrogens with zero attached hydrogens (tertiary/aromatic N) is 2. The average molecular weight is 481 g/mol. The minimum Gasteiger partial charge on any atom is -0.362 e. The van der Waals surface area contributed by atoms with E-state index < -0.39 is 0 Å². The number of rotatable bonds is 10. The average Bonchev–Trinajstić information content (AvgIpc) is 3.20. The number of hydrogen-bond donors (Lipinski definition) is 0. The van der Waals surface area contributed by atoms with Crippen molar-refractivity contribution in [1.82, 2.24) is 4.57 Å². The molecule has 0 saturated carbocycles. The summed E-state index contributed by atoms with van der Waals surface area (Å²) in [5.74, 6) is 0.269. The van der Waals surface area contributed by atoms with Gasteiger partial charge in [-0.1, -0.05) is 49.3 Å². The molecule has 0 radical (unpaired) electrons. The Morgan fingerprint density at radius 1 is 0.944 bits per heavy atom. The maximum Gasteiger partial charge on any atom is 0.210 e. The molecule has 4 aromatic rings. The van der Waals surface area contributed by atoms with Gasteiger partial charge in [0.15, 0.2) is 5.78 Å². The van der Waals surface area contributed by atoms with Crippen molar-refractivity contribution in [1.29, 1.82) is 0 Å². The molecule has 0 unspecified atom stereocenters. The van der Waals surface area contributed by atoms with Gasteiger partial charge in [0.1, 0.15) is 11.5 Å². The van der Waals surface area contributed by atoms with E-state index in [1.54, 1.807) is 6.92 Å². The van der Waals surface area contributed by atoms with Gasteiger partial charge in [0.25, 0.3) is 0 Å². The summed E-state index contributed by atoms with van der Waals surface area (Å²) >= 11 is 0. The fourth-order valence-electron chi connectivity index (χ4n) is 4.55. The van der Waals surface area contributed by atoms with Crippen LogP contribution in [-0.2, 0) is 11.4 Å². The number of fused-ring (bicyclic) bond motifs is 3. The predicted octanol–water partition coefficient (Wildman–Crippen LogP) is 7.63. The van der Waals surface area contributed by atoms with Crippen molar-refractivity contribution in [2.45, 2.75) is 53.5 Å². The Bertz CT molecular complexity index is 1510. The largest absolute Gasteiger partial charge is 0.362 e. The molecule has 4 rings (SSSR count). The summed E-state index contributed by atoms with van der Waals surface area (Å²) in [5.41, 5.74) is 5.26. The summed E-state index contributed by atoms with van der Waals surface area (Å²) < 4.78 is 2.21. The Morgan fingerprint density at radius 3 is 2.19 bits per heavy atom. The second-order valence-corrected chi connectivity index (χ2v) is 9.12. The number of allylic oxidation sites excluding steroid dienone is 1. The van der Waals surface area contributed by atoms with E-state index in [1.807, 2.05) is 67.6 Å². The number of unbranched alkanes of at least 4 members (excludes halogenated alkanes) is 1. The number of aryl methyl sites for hydroxylation is 2. The lowest BCUT2D eigenvalue weighted by molar-refractivity contribution is 0.103. The van der Waals surface area contributed by atoms with Crippen LogP contribution < -0.4 is 0 Å². The van der Waals surface area contributed by atoms with Crippen molar-refractivity contribution in [3.05, 3.63) is 95.3 Å². The smallest absolute Gasteiger partial charge is 0.210 e. The molecule has 0 saturated heterocycles. The first-order valence-electron chi connectivity index (χ1n) is 12.5. The van der Waals surface area contributed by atoms with Crippen molar-refractivity contribution < 1.29 is 14.4 Å². The molecular weight excluding hydrogens is 448 g/mol. The molecule has 0 aliphatic heterocycles. The number of oxime groups is 1. The summed E-state index contributed by atoms with van der Waals surface area (Å²) in [4.78, 5) is 32.0. The zero-order valence-corrected chi connectivity index (χ0v) is 21.4. The lowest BCUT2D eigenvalue weighted by Crippen LogP contribution is -2.15. The highest BCUT2D eigenvalue weighted by molar-refractivity contribution is 6.46. The van der Waals surface area contributed by atoms with Crippen LogP contribution in [0.25, 0.3) is 21.8 Å². The normalized spacial score (nSPS) is 11.7. The van der Waals surface area contributed by atoms with Crippen molar-refractivity contribution in [3.8, 4) is 0 Å². The molecule has 184 valence electrons. The maximum absolute atomic E-state index is 13.4. The van der Waals surface area contributed by atoms with Gasteiger partial charge in [-0.25, -0.2) is 0 Å². The molecule has 5 heteroatoms. The molecule has 0 atom stereocenters. The molecule has 5 nitrogen and oxygen atoms in total. The van der Waals surface area contributed by atoms with E-state index in [0.717, 1.165) is 46.8 Å². The third kappa shape index (κ3) is 4.87. The molecule has 0 amide bonds. The zero-order valence-electron chi connectivity index (χ0n) is 21.4. The number of aromatic nitrogens is 1. The Balaban J connectivity index is 1.83. The standard InChI is InChI=1S/C31H32N2O3/c1-6-8-13-27(32-36-20(3)4)31(35)23-15-17-29-26(19-23)25-18-22(14-16-28(25)33(29)7-2)30(34)24-12-10-9-11-21(24)5/h9-12,14-19H,3,6-8,13H2,1-2,4-5H3/b32-27+. The van der Waals surface area contributed by atoms with Gasteiger partial charge in [-0.2, -0.15) is 0 Å². The topological polar surface area (TPSA) is 60.7 Å². The first kappa shape index (κ1) is 25.1. The van der Waals surface area contributed by atoms with Gasteiger partial charge in [-0.3, -0.25) is 9.59 Å². The molecule has 3 aromatic carbocycles. The molecule has 0 N–H and O–H groups in total. The van der Waals surface area contributed by atoms with Crippen molar-refractivity contribution in [2.75, 3.05) is 0 Å². The van der Waals surface area contributed by atoms with Crippen LogP contribution in [0, 0.1) is 6.92 Å². The van der Waals surface area contributed by atoms with E-state index in [-0.39, 0.29) is 11.6 Å². The van der Waals surface area contributed by atoms with Gasteiger partial charge in [0.05, 0.1) is 0 Å². The van der Waals surface area contributed by atoms with Gasteiger partial charge in [-0.05, 0) is 75.6 Å². The van der Waals surface area contributed by atoms with Crippen LogP contribution in [0.15, 0.2) is 78.2 Å². The molecule has 0 aliphatic carbocycles. The van der Waals surface area contributed by atoms with Crippen LogP contribution in [0.5, 0.6) is 0 Å². The number of Topliss-reactive ketones (excluding diaryl/α,β-unsaturated/α-hetero) is 1. The van der Waals surface area contributed by atoms with Crippen molar-refractivity contribution in [3.63, 3.8) is 0 Å². The second kappa shape index (κ2) is 10.7. The Morgan fingerprint density at radius 2 is 1.58 bits per heavy atom. The number of benzene rings is 3. The molecule has 0 aliphatic rings. The fraction of sp³-hybridized carbons (Fsp3) is 0.258. The fourth-order valence-corrected chi connectivity index (χ4v) is 4.55. The van der Waals surface area contributed by atoms with Gasteiger partial charge >= 0.3 is 0 Å². The van der Waals surface area contributed by atoms with E-state index in [9.17, 15) is 9.59 Å². The summed E-state index contributed by atoms with van der Waals surface area (Å²) in [6, 6.07) is 19.2. The van der Waals surface area contributed by atoms with Gasteiger partial charge in [-0.15, -0.1) is 0 Å². The highest BCUT2D eigenvalue weighted by Gasteiger charge is 2.19. The monoisotopic (exact) mass is 480 g/mol. The molecule has 1 aromatic heterocycles. The number of carbonyl (C=O) groups is 2. The molecular formula is C31H32N2O3. The molecule has 0 bridgehead atoms. The van der Waals surface area contributed by atoms with Crippen LogP contribution >= 0.6 is 0 Å². The predicted molar refractivity (Wildman–Crippen MR) is 147 cm³/mol.